The fraction of sp³-hybridized carbons (Fsp3) is 0.100. The summed E-state index contributed by atoms with van der Waals surface area (Å²) in [5, 5.41) is 21.5. The number of pyridine rings is 2. The van der Waals surface area contributed by atoms with Gasteiger partial charge in [-0.15, -0.1) is 0 Å². The summed E-state index contributed by atoms with van der Waals surface area (Å²) < 4.78 is 0. The van der Waals surface area contributed by atoms with E-state index in [0.717, 1.165) is 34.7 Å². The molecule has 2 aromatic carbocycles. The van der Waals surface area contributed by atoms with Crippen molar-refractivity contribution in [2.75, 3.05) is 0 Å². The van der Waals surface area contributed by atoms with Crippen molar-refractivity contribution in [1.29, 1.82) is 0 Å². The molecule has 4 nitrogen and oxygen atoms in total. The lowest BCUT2D eigenvalue weighted by atomic mass is 10.0. The maximum absolute atomic E-state index is 9.80. The highest BCUT2D eigenvalue weighted by Gasteiger charge is 2.05. The zero-order valence-electron chi connectivity index (χ0n) is 13.0. The average molecular weight is 316 g/mol. The molecule has 4 heteroatoms. The molecule has 4 rings (SSSR count). The molecule has 4 aromatic rings. The quantitative estimate of drug-likeness (QED) is 0.600. The summed E-state index contributed by atoms with van der Waals surface area (Å²) in [5.41, 5.74) is 3.49. The van der Waals surface area contributed by atoms with Crippen LogP contribution in [0.3, 0.4) is 0 Å². The number of aromatic nitrogens is 2. The van der Waals surface area contributed by atoms with Gasteiger partial charge in [-0.2, -0.15) is 0 Å². The van der Waals surface area contributed by atoms with Crippen molar-refractivity contribution in [2.24, 2.45) is 0 Å². The van der Waals surface area contributed by atoms with Gasteiger partial charge in [0, 0.05) is 23.2 Å². The smallest absolute Gasteiger partial charge is 0.141 e. The zero-order valence-corrected chi connectivity index (χ0v) is 13.0. The van der Waals surface area contributed by atoms with E-state index in [9.17, 15) is 10.2 Å². The summed E-state index contributed by atoms with van der Waals surface area (Å²) in [5.74, 6) is 0.412. The largest absolute Gasteiger partial charge is 0.506 e. The van der Waals surface area contributed by atoms with Gasteiger partial charge in [0.1, 0.15) is 22.5 Å². The van der Waals surface area contributed by atoms with Gasteiger partial charge in [-0.1, -0.05) is 24.3 Å². The third kappa shape index (κ3) is 2.63. The van der Waals surface area contributed by atoms with Gasteiger partial charge >= 0.3 is 0 Å². The van der Waals surface area contributed by atoms with Gasteiger partial charge in [-0.3, -0.25) is 9.97 Å². The van der Waals surface area contributed by atoms with Crippen molar-refractivity contribution >= 4 is 21.8 Å². The molecule has 2 N–H and O–H groups in total. The van der Waals surface area contributed by atoms with Crippen LogP contribution in [0.5, 0.6) is 11.5 Å². The van der Waals surface area contributed by atoms with Crippen LogP contribution in [0.15, 0.2) is 60.9 Å². The Kier molecular flexibility index (Phi) is 3.50. The monoisotopic (exact) mass is 316 g/mol. The molecule has 2 heterocycles. The molecule has 0 radical (unpaired) electrons. The number of rotatable bonds is 3. The van der Waals surface area contributed by atoms with Gasteiger partial charge in [-0.25, -0.2) is 0 Å². The minimum absolute atomic E-state index is 0.206. The van der Waals surface area contributed by atoms with Crippen molar-refractivity contribution in [2.45, 2.75) is 12.8 Å². The number of benzene rings is 2. The summed E-state index contributed by atoms with van der Waals surface area (Å²) in [6, 6.07) is 14.9. The van der Waals surface area contributed by atoms with E-state index >= 15 is 0 Å². The second kappa shape index (κ2) is 5.81. The molecule has 0 atom stereocenters. The third-order valence-electron chi connectivity index (χ3n) is 4.19. The van der Waals surface area contributed by atoms with E-state index in [1.165, 1.54) is 0 Å². The molecule has 0 aliphatic carbocycles. The second-order valence-corrected chi connectivity index (χ2v) is 5.88. The zero-order chi connectivity index (χ0) is 16.5. The van der Waals surface area contributed by atoms with Crippen molar-refractivity contribution in [3.63, 3.8) is 0 Å². The summed E-state index contributed by atoms with van der Waals surface area (Å²) in [6.07, 6.45) is 5.29. The lowest BCUT2D eigenvalue weighted by Gasteiger charge is -2.06. The van der Waals surface area contributed by atoms with E-state index in [1.807, 2.05) is 36.7 Å². The predicted octanol–water partition coefficient (Wildman–Crippen LogP) is 3.98. The molecule has 0 unspecified atom stereocenters. The Bertz CT molecular complexity index is 959. The van der Waals surface area contributed by atoms with Gasteiger partial charge in [0.05, 0.1) is 0 Å². The van der Waals surface area contributed by atoms with E-state index in [4.69, 9.17) is 0 Å². The minimum atomic E-state index is 0.206. The number of phenols is 2. The highest BCUT2D eigenvalue weighted by molar-refractivity contribution is 5.85. The molecule has 0 amide bonds. The third-order valence-corrected chi connectivity index (χ3v) is 4.19. The number of aromatic hydroxyl groups is 2. The molecule has 118 valence electrons. The van der Waals surface area contributed by atoms with E-state index < -0.39 is 0 Å². The number of hydrogen-bond acceptors (Lipinski definition) is 4. The highest BCUT2D eigenvalue weighted by Crippen LogP contribution is 2.24. The highest BCUT2D eigenvalue weighted by atomic mass is 16.3. The molecule has 0 spiro atoms. The number of hydrogen-bond donors (Lipinski definition) is 2. The average Bonchev–Trinajstić information content (AvgIpc) is 2.60. The first-order valence-electron chi connectivity index (χ1n) is 7.84. The topological polar surface area (TPSA) is 66.2 Å². The molecule has 0 bridgehead atoms. The molecular weight excluding hydrogens is 300 g/mol. The van der Waals surface area contributed by atoms with Gasteiger partial charge < -0.3 is 10.2 Å². The first-order chi connectivity index (χ1) is 11.7. The van der Waals surface area contributed by atoms with Gasteiger partial charge in [-0.05, 0) is 48.2 Å². The Morgan fingerprint density at radius 3 is 1.58 bits per heavy atom. The van der Waals surface area contributed by atoms with E-state index in [0.29, 0.717) is 11.0 Å². The molecule has 0 aliphatic rings. The standard InChI is InChI=1S/C20H16N2O2/c23-17-5-1-3-15-9-13(11-21-19(15)17)7-8-14-10-16-4-2-6-18(24)20(16)22-12-14/h1-6,9-12,23-24H,7-8H2. The molecule has 2 aromatic heterocycles. The van der Waals surface area contributed by atoms with E-state index in [-0.39, 0.29) is 11.5 Å². The maximum Gasteiger partial charge on any atom is 0.141 e. The fourth-order valence-electron chi connectivity index (χ4n) is 2.94. The van der Waals surface area contributed by atoms with Crippen LogP contribution in [0.1, 0.15) is 11.1 Å². The molecule has 0 aliphatic heterocycles. The van der Waals surface area contributed by atoms with Crippen LogP contribution in [0.2, 0.25) is 0 Å². The summed E-state index contributed by atoms with van der Waals surface area (Å²) in [6.45, 7) is 0. The maximum atomic E-state index is 9.80. The fourth-order valence-corrected chi connectivity index (χ4v) is 2.94. The van der Waals surface area contributed by atoms with E-state index in [1.54, 1.807) is 12.1 Å². The number of fused-ring (bicyclic) bond motifs is 2. The van der Waals surface area contributed by atoms with Gasteiger partial charge in [0.25, 0.3) is 0 Å². The lowest BCUT2D eigenvalue weighted by molar-refractivity contribution is 0.480. The van der Waals surface area contributed by atoms with Crippen LogP contribution < -0.4 is 0 Å². The van der Waals surface area contributed by atoms with Crippen molar-refractivity contribution in [1.82, 2.24) is 9.97 Å². The number of nitrogens with zero attached hydrogens (tertiary/aromatic N) is 2. The van der Waals surface area contributed by atoms with Crippen LogP contribution >= 0.6 is 0 Å². The van der Waals surface area contributed by atoms with Gasteiger partial charge in [0.15, 0.2) is 0 Å². The summed E-state index contributed by atoms with van der Waals surface area (Å²) >= 11 is 0. The Morgan fingerprint density at radius 1 is 0.667 bits per heavy atom. The molecule has 0 saturated heterocycles. The van der Waals surface area contributed by atoms with Crippen LogP contribution in [0.4, 0.5) is 0 Å². The van der Waals surface area contributed by atoms with Crippen molar-refractivity contribution in [3.8, 4) is 11.5 Å². The Labute approximate surface area is 139 Å². The first kappa shape index (κ1) is 14.5. The summed E-state index contributed by atoms with van der Waals surface area (Å²) in [4.78, 5) is 8.71. The Balaban J connectivity index is 1.58. The normalized spacial score (nSPS) is 11.2. The van der Waals surface area contributed by atoms with Crippen LogP contribution in [0, 0.1) is 0 Å². The first-order valence-corrected chi connectivity index (χ1v) is 7.84. The van der Waals surface area contributed by atoms with Gasteiger partial charge in [0.2, 0.25) is 0 Å². The summed E-state index contributed by atoms with van der Waals surface area (Å²) in [7, 11) is 0. The van der Waals surface area contributed by atoms with Crippen LogP contribution in [-0.2, 0) is 12.8 Å². The van der Waals surface area contributed by atoms with Crippen LogP contribution in [-0.4, -0.2) is 20.2 Å². The predicted molar refractivity (Wildman–Crippen MR) is 94.2 cm³/mol. The van der Waals surface area contributed by atoms with Crippen molar-refractivity contribution < 1.29 is 10.2 Å². The van der Waals surface area contributed by atoms with Crippen LogP contribution in [0.25, 0.3) is 21.8 Å². The van der Waals surface area contributed by atoms with E-state index in [2.05, 4.69) is 22.1 Å². The number of aryl methyl sites for hydroxylation is 2. The lowest BCUT2D eigenvalue weighted by Crippen LogP contribution is -1.94. The second-order valence-electron chi connectivity index (χ2n) is 5.88. The SMILES string of the molecule is Oc1cccc2cc(CCc3cnc4c(O)cccc4c3)cnc12. The number of para-hydroxylation sites is 2. The molecular formula is C20H16N2O2. The number of phenolic OH excluding ortho intramolecular Hbond substituents is 2. The Hall–Kier alpha value is -3.14. The molecule has 24 heavy (non-hydrogen) atoms. The Morgan fingerprint density at radius 2 is 1.12 bits per heavy atom. The van der Waals surface area contributed by atoms with Crippen molar-refractivity contribution in [3.05, 3.63) is 72.1 Å². The molecule has 0 saturated carbocycles. The molecule has 0 fully saturated rings. The minimum Gasteiger partial charge on any atom is -0.506 e.